The number of likely N-dealkylation sites (N-methyl/N-ethyl adjacent to an activating group) is 1. The van der Waals surface area contributed by atoms with Crippen molar-refractivity contribution in [1.29, 1.82) is 0 Å². The van der Waals surface area contributed by atoms with Crippen LogP contribution in [0.1, 0.15) is 6.92 Å². The zero-order chi connectivity index (χ0) is 12.0. The number of rotatable bonds is 6. The molecular weight excluding hydrogens is 204 g/mol. The molecule has 0 spiro atoms. The lowest BCUT2D eigenvalue weighted by atomic mass is 10.2. The Morgan fingerprint density at radius 2 is 2.12 bits per heavy atom. The summed E-state index contributed by atoms with van der Waals surface area (Å²) in [5.41, 5.74) is 7.49. The molecule has 1 aromatic rings. The predicted octanol–water partition coefficient (Wildman–Crippen LogP) is 1.75. The number of nitrogens with two attached hydrogens (primary N) is 1. The summed E-state index contributed by atoms with van der Waals surface area (Å²) in [5, 5.41) is 0. The standard InChI is InChI=1S/C12H20N2O2/c1-4-16-8-7-14(2)10-5-6-11(13)12(9-10)15-3/h5-6,9H,4,7-8,13H2,1-3H3. The minimum Gasteiger partial charge on any atom is -0.495 e. The Labute approximate surface area is 96.9 Å². The van der Waals surface area contributed by atoms with Crippen molar-refractivity contribution in [2.45, 2.75) is 6.92 Å². The minimum atomic E-state index is 0.657. The predicted molar refractivity (Wildman–Crippen MR) is 67.2 cm³/mol. The molecule has 0 unspecified atom stereocenters. The Kier molecular flexibility index (Phi) is 4.92. The van der Waals surface area contributed by atoms with Crippen LogP contribution in [0, 0.1) is 0 Å². The molecule has 90 valence electrons. The summed E-state index contributed by atoms with van der Waals surface area (Å²) in [5.74, 6) is 0.709. The van der Waals surface area contributed by atoms with Gasteiger partial charge in [0, 0.05) is 32.0 Å². The van der Waals surface area contributed by atoms with E-state index in [0.29, 0.717) is 11.4 Å². The minimum absolute atomic E-state index is 0.657. The van der Waals surface area contributed by atoms with Crippen LogP contribution < -0.4 is 15.4 Å². The van der Waals surface area contributed by atoms with Gasteiger partial charge < -0.3 is 20.1 Å². The van der Waals surface area contributed by atoms with Gasteiger partial charge in [-0.05, 0) is 19.1 Å². The van der Waals surface area contributed by atoms with Gasteiger partial charge in [-0.2, -0.15) is 0 Å². The number of nitrogens with zero attached hydrogens (tertiary/aromatic N) is 1. The molecule has 0 saturated heterocycles. The largest absolute Gasteiger partial charge is 0.495 e. The first kappa shape index (κ1) is 12.6. The summed E-state index contributed by atoms with van der Waals surface area (Å²) in [4.78, 5) is 2.11. The number of anilines is 2. The summed E-state index contributed by atoms with van der Waals surface area (Å²) in [6.45, 7) is 4.31. The van der Waals surface area contributed by atoms with Crippen molar-refractivity contribution >= 4 is 11.4 Å². The van der Waals surface area contributed by atoms with E-state index in [1.54, 1.807) is 7.11 Å². The lowest BCUT2D eigenvalue weighted by Gasteiger charge is -2.20. The van der Waals surface area contributed by atoms with Gasteiger partial charge in [0.05, 0.1) is 19.4 Å². The van der Waals surface area contributed by atoms with Gasteiger partial charge in [-0.25, -0.2) is 0 Å². The van der Waals surface area contributed by atoms with Crippen molar-refractivity contribution < 1.29 is 9.47 Å². The Hall–Kier alpha value is -1.42. The van der Waals surface area contributed by atoms with Crippen molar-refractivity contribution in [3.8, 4) is 5.75 Å². The Morgan fingerprint density at radius 3 is 2.75 bits per heavy atom. The molecule has 0 radical (unpaired) electrons. The molecule has 0 amide bonds. The lowest BCUT2D eigenvalue weighted by Crippen LogP contribution is -2.22. The highest BCUT2D eigenvalue weighted by molar-refractivity contribution is 5.62. The zero-order valence-corrected chi connectivity index (χ0v) is 10.2. The molecule has 0 atom stereocenters. The van der Waals surface area contributed by atoms with Crippen molar-refractivity contribution in [2.75, 3.05) is 44.5 Å². The van der Waals surface area contributed by atoms with Crippen LogP contribution in [-0.2, 0) is 4.74 Å². The van der Waals surface area contributed by atoms with Crippen LogP contribution in [0.5, 0.6) is 5.75 Å². The summed E-state index contributed by atoms with van der Waals surface area (Å²) in [7, 11) is 3.64. The van der Waals surface area contributed by atoms with Crippen molar-refractivity contribution in [3.63, 3.8) is 0 Å². The van der Waals surface area contributed by atoms with Gasteiger partial charge in [-0.3, -0.25) is 0 Å². The fourth-order valence-electron chi connectivity index (χ4n) is 1.41. The van der Waals surface area contributed by atoms with Crippen LogP contribution in [0.2, 0.25) is 0 Å². The van der Waals surface area contributed by atoms with E-state index in [1.165, 1.54) is 0 Å². The van der Waals surface area contributed by atoms with Crippen LogP contribution in [0.15, 0.2) is 18.2 Å². The van der Waals surface area contributed by atoms with Crippen LogP contribution in [0.25, 0.3) is 0 Å². The van der Waals surface area contributed by atoms with Crippen molar-refractivity contribution in [1.82, 2.24) is 0 Å². The maximum Gasteiger partial charge on any atom is 0.143 e. The number of benzene rings is 1. The van der Waals surface area contributed by atoms with E-state index < -0.39 is 0 Å². The Morgan fingerprint density at radius 1 is 1.38 bits per heavy atom. The summed E-state index contributed by atoms with van der Waals surface area (Å²) in [6, 6.07) is 5.76. The van der Waals surface area contributed by atoms with Gasteiger partial charge in [0.15, 0.2) is 0 Å². The van der Waals surface area contributed by atoms with Gasteiger partial charge in [0.2, 0.25) is 0 Å². The number of hydrogen-bond donors (Lipinski definition) is 1. The number of hydrogen-bond acceptors (Lipinski definition) is 4. The molecule has 1 rings (SSSR count). The number of ether oxygens (including phenoxy) is 2. The molecule has 4 nitrogen and oxygen atoms in total. The molecular formula is C12H20N2O2. The average molecular weight is 224 g/mol. The molecule has 16 heavy (non-hydrogen) atoms. The smallest absolute Gasteiger partial charge is 0.143 e. The van der Waals surface area contributed by atoms with Gasteiger partial charge in [0.25, 0.3) is 0 Å². The topological polar surface area (TPSA) is 47.7 Å². The molecule has 0 aromatic heterocycles. The molecule has 0 heterocycles. The molecule has 1 aromatic carbocycles. The molecule has 2 N–H and O–H groups in total. The van der Waals surface area contributed by atoms with Crippen LogP contribution in [0.3, 0.4) is 0 Å². The van der Waals surface area contributed by atoms with E-state index in [2.05, 4.69) is 4.90 Å². The fraction of sp³-hybridized carbons (Fsp3) is 0.500. The third-order valence-electron chi connectivity index (χ3n) is 2.43. The van der Waals surface area contributed by atoms with Gasteiger partial charge >= 0.3 is 0 Å². The third-order valence-corrected chi connectivity index (χ3v) is 2.43. The molecule has 0 aliphatic rings. The molecule has 0 aliphatic carbocycles. The van der Waals surface area contributed by atoms with E-state index in [0.717, 1.165) is 25.4 Å². The quantitative estimate of drug-likeness (QED) is 0.590. The average Bonchev–Trinajstić information content (AvgIpc) is 2.30. The summed E-state index contributed by atoms with van der Waals surface area (Å²) < 4.78 is 10.5. The highest BCUT2D eigenvalue weighted by Gasteiger charge is 2.04. The molecule has 0 aliphatic heterocycles. The second-order valence-electron chi connectivity index (χ2n) is 3.54. The maximum atomic E-state index is 5.75. The van der Waals surface area contributed by atoms with E-state index in [4.69, 9.17) is 15.2 Å². The first-order valence-corrected chi connectivity index (χ1v) is 5.41. The number of methoxy groups -OCH3 is 1. The second kappa shape index (κ2) is 6.23. The molecule has 0 saturated carbocycles. The molecule has 0 bridgehead atoms. The monoisotopic (exact) mass is 224 g/mol. The SMILES string of the molecule is CCOCCN(C)c1ccc(N)c(OC)c1. The van der Waals surface area contributed by atoms with Gasteiger partial charge in [-0.1, -0.05) is 0 Å². The van der Waals surface area contributed by atoms with E-state index in [9.17, 15) is 0 Å². The van der Waals surface area contributed by atoms with Crippen LogP contribution in [0.4, 0.5) is 11.4 Å². The van der Waals surface area contributed by atoms with Crippen LogP contribution in [-0.4, -0.2) is 33.9 Å². The summed E-state index contributed by atoms with van der Waals surface area (Å²) >= 11 is 0. The van der Waals surface area contributed by atoms with Gasteiger partial charge in [-0.15, -0.1) is 0 Å². The zero-order valence-electron chi connectivity index (χ0n) is 10.2. The Balaban J connectivity index is 2.64. The first-order valence-electron chi connectivity index (χ1n) is 5.41. The Bertz CT molecular complexity index is 329. The van der Waals surface area contributed by atoms with E-state index in [-0.39, 0.29) is 0 Å². The highest BCUT2D eigenvalue weighted by atomic mass is 16.5. The maximum absolute atomic E-state index is 5.75. The lowest BCUT2D eigenvalue weighted by molar-refractivity contribution is 0.154. The van der Waals surface area contributed by atoms with Crippen molar-refractivity contribution in [3.05, 3.63) is 18.2 Å². The second-order valence-corrected chi connectivity index (χ2v) is 3.54. The first-order chi connectivity index (χ1) is 7.69. The normalized spacial score (nSPS) is 10.2. The molecule has 0 fully saturated rings. The highest BCUT2D eigenvalue weighted by Crippen LogP contribution is 2.26. The van der Waals surface area contributed by atoms with Crippen LogP contribution >= 0.6 is 0 Å². The van der Waals surface area contributed by atoms with E-state index >= 15 is 0 Å². The van der Waals surface area contributed by atoms with E-state index in [1.807, 2.05) is 32.2 Å². The molecule has 4 heteroatoms. The third kappa shape index (κ3) is 3.31. The summed E-state index contributed by atoms with van der Waals surface area (Å²) in [6.07, 6.45) is 0. The van der Waals surface area contributed by atoms with Gasteiger partial charge in [0.1, 0.15) is 5.75 Å². The fourth-order valence-corrected chi connectivity index (χ4v) is 1.41. The van der Waals surface area contributed by atoms with Crippen molar-refractivity contribution in [2.24, 2.45) is 0 Å². The number of nitrogen functional groups attached to an aromatic ring is 1.